The summed E-state index contributed by atoms with van der Waals surface area (Å²) in [5, 5.41) is 6.74. The first-order valence-electron chi connectivity index (χ1n) is 11.8. The number of halogens is 1. The number of carbonyl (C=O) groups excluding carboxylic acids is 1. The Morgan fingerprint density at radius 2 is 1.87 bits per heavy atom. The highest BCUT2D eigenvalue weighted by atomic mass is 127. The molecule has 0 saturated carbocycles. The minimum atomic E-state index is 0. The Morgan fingerprint density at radius 1 is 1.10 bits per heavy atom. The molecule has 2 rings (SSSR count). The summed E-state index contributed by atoms with van der Waals surface area (Å²) in [6.45, 7) is 13.7. The molecule has 0 bridgehead atoms. The first-order chi connectivity index (χ1) is 14.7. The van der Waals surface area contributed by atoms with Gasteiger partial charge in [0.1, 0.15) is 0 Å². The van der Waals surface area contributed by atoms with Crippen molar-refractivity contribution in [1.29, 1.82) is 0 Å². The van der Waals surface area contributed by atoms with Gasteiger partial charge < -0.3 is 15.5 Å². The van der Waals surface area contributed by atoms with E-state index in [1.807, 2.05) is 4.90 Å². The second-order valence-electron chi connectivity index (χ2n) is 7.95. The van der Waals surface area contributed by atoms with Crippen molar-refractivity contribution in [2.24, 2.45) is 4.99 Å². The summed E-state index contributed by atoms with van der Waals surface area (Å²) in [5.74, 6) is 1.16. The van der Waals surface area contributed by atoms with Gasteiger partial charge in [-0.25, -0.2) is 4.99 Å². The lowest BCUT2D eigenvalue weighted by atomic mass is 10.1. The van der Waals surface area contributed by atoms with Crippen LogP contribution < -0.4 is 10.6 Å². The van der Waals surface area contributed by atoms with Crippen molar-refractivity contribution < 1.29 is 4.79 Å². The van der Waals surface area contributed by atoms with Gasteiger partial charge in [-0.15, -0.1) is 24.0 Å². The smallest absolute Gasteiger partial charge is 0.222 e. The van der Waals surface area contributed by atoms with Gasteiger partial charge in [0.25, 0.3) is 0 Å². The van der Waals surface area contributed by atoms with Gasteiger partial charge in [0.2, 0.25) is 5.91 Å². The van der Waals surface area contributed by atoms with Gasteiger partial charge in [-0.1, -0.05) is 44.5 Å². The van der Waals surface area contributed by atoms with Crippen LogP contribution in [0.2, 0.25) is 0 Å². The number of nitrogens with zero attached hydrogens (tertiary/aromatic N) is 3. The number of carbonyl (C=O) groups is 1. The maximum absolute atomic E-state index is 12.1. The average Bonchev–Trinajstić information content (AvgIpc) is 2.97. The second kappa shape index (κ2) is 16.3. The number of guanidine groups is 1. The molecule has 1 fully saturated rings. The molecule has 1 saturated heterocycles. The van der Waals surface area contributed by atoms with E-state index in [0.29, 0.717) is 18.9 Å². The summed E-state index contributed by atoms with van der Waals surface area (Å²) in [7, 11) is 0. The zero-order valence-corrected chi connectivity index (χ0v) is 22.0. The molecule has 1 heterocycles. The Morgan fingerprint density at radius 3 is 2.61 bits per heavy atom. The van der Waals surface area contributed by atoms with E-state index in [-0.39, 0.29) is 24.0 Å². The molecular formula is C24H42IN5O. The van der Waals surface area contributed by atoms with Crippen LogP contribution in [0.15, 0.2) is 29.3 Å². The minimum Gasteiger partial charge on any atom is -0.357 e. The summed E-state index contributed by atoms with van der Waals surface area (Å²) in [6.07, 6.45) is 5.01. The lowest BCUT2D eigenvalue weighted by molar-refractivity contribution is -0.130. The first kappa shape index (κ1) is 27.7. The first-order valence-corrected chi connectivity index (χ1v) is 11.8. The van der Waals surface area contributed by atoms with Gasteiger partial charge in [-0.2, -0.15) is 0 Å². The molecule has 1 amide bonds. The topological polar surface area (TPSA) is 60.0 Å². The zero-order valence-electron chi connectivity index (χ0n) is 19.7. The molecule has 0 aromatic heterocycles. The number of amides is 1. The van der Waals surface area contributed by atoms with E-state index in [1.54, 1.807) is 0 Å². The number of nitrogens with one attached hydrogen (secondary N) is 2. The van der Waals surface area contributed by atoms with E-state index in [1.165, 1.54) is 17.5 Å². The molecule has 0 radical (unpaired) electrons. The molecule has 1 aliphatic heterocycles. The van der Waals surface area contributed by atoms with E-state index in [2.05, 4.69) is 60.6 Å². The molecule has 6 nitrogen and oxygen atoms in total. The van der Waals surface area contributed by atoms with Gasteiger partial charge in [0.05, 0.1) is 6.54 Å². The van der Waals surface area contributed by atoms with E-state index in [9.17, 15) is 4.79 Å². The number of likely N-dealkylation sites (tertiary alicyclic amines) is 1. The maximum atomic E-state index is 12.1. The van der Waals surface area contributed by atoms with Crippen LogP contribution in [0.1, 0.15) is 64.0 Å². The highest BCUT2D eigenvalue weighted by molar-refractivity contribution is 14.0. The Bertz CT molecular complexity index is 663. The summed E-state index contributed by atoms with van der Waals surface area (Å²) in [6, 6.07) is 8.72. The Kier molecular flexibility index (Phi) is 14.6. The van der Waals surface area contributed by atoms with Crippen LogP contribution in [0.3, 0.4) is 0 Å². The molecule has 176 valence electrons. The SMILES string of the molecule is CCNC(=NCc1cccc(CN(CC)CC)c1)NCCCN1CCCCCC1=O.I. The number of benzene rings is 1. The number of aliphatic imine (C=N–C) groups is 1. The predicted octanol–water partition coefficient (Wildman–Crippen LogP) is 3.99. The van der Waals surface area contributed by atoms with Crippen molar-refractivity contribution in [3.63, 3.8) is 0 Å². The van der Waals surface area contributed by atoms with Crippen molar-refractivity contribution in [1.82, 2.24) is 20.4 Å². The molecule has 0 atom stereocenters. The van der Waals surface area contributed by atoms with Crippen LogP contribution in [-0.2, 0) is 17.9 Å². The molecule has 0 unspecified atom stereocenters. The van der Waals surface area contributed by atoms with Crippen LogP contribution in [0.4, 0.5) is 0 Å². The third kappa shape index (κ3) is 10.7. The average molecular weight is 544 g/mol. The van der Waals surface area contributed by atoms with Crippen molar-refractivity contribution in [2.75, 3.05) is 39.3 Å². The number of hydrogen-bond acceptors (Lipinski definition) is 3. The van der Waals surface area contributed by atoms with Crippen molar-refractivity contribution >= 4 is 35.8 Å². The van der Waals surface area contributed by atoms with Crippen molar-refractivity contribution in [3.8, 4) is 0 Å². The summed E-state index contributed by atoms with van der Waals surface area (Å²) >= 11 is 0. The molecule has 0 aliphatic carbocycles. The monoisotopic (exact) mass is 543 g/mol. The van der Waals surface area contributed by atoms with Gasteiger partial charge in [-0.05, 0) is 50.4 Å². The van der Waals surface area contributed by atoms with Crippen LogP contribution in [0.5, 0.6) is 0 Å². The number of hydrogen-bond donors (Lipinski definition) is 2. The third-order valence-electron chi connectivity index (χ3n) is 5.62. The van der Waals surface area contributed by atoms with Gasteiger partial charge >= 0.3 is 0 Å². The van der Waals surface area contributed by atoms with E-state index < -0.39 is 0 Å². The Hall–Kier alpha value is -1.35. The van der Waals surface area contributed by atoms with Gasteiger partial charge in [0, 0.05) is 39.1 Å². The standard InChI is InChI=1S/C24H41N5O.HI/c1-4-25-24(26-15-11-17-29-16-9-7-8-14-23(29)30)27-19-21-12-10-13-22(18-21)20-28(5-2)6-3;/h10,12-13,18H,4-9,11,14-17,19-20H2,1-3H3,(H2,25,26,27);1H. The Balaban J connectivity index is 0.00000480. The molecule has 1 aromatic rings. The Labute approximate surface area is 206 Å². The molecule has 31 heavy (non-hydrogen) atoms. The highest BCUT2D eigenvalue weighted by Gasteiger charge is 2.15. The molecule has 2 N–H and O–H groups in total. The second-order valence-corrected chi connectivity index (χ2v) is 7.95. The fraction of sp³-hybridized carbons (Fsp3) is 0.667. The largest absolute Gasteiger partial charge is 0.357 e. The normalized spacial score (nSPS) is 14.9. The predicted molar refractivity (Wildman–Crippen MR) is 141 cm³/mol. The van der Waals surface area contributed by atoms with Crippen LogP contribution in [0, 0.1) is 0 Å². The number of rotatable bonds is 11. The summed E-state index contributed by atoms with van der Waals surface area (Å²) < 4.78 is 0. The van der Waals surface area contributed by atoms with Crippen molar-refractivity contribution in [2.45, 2.75) is 66.0 Å². The van der Waals surface area contributed by atoms with Crippen LogP contribution in [0.25, 0.3) is 0 Å². The maximum Gasteiger partial charge on any atom is 0.222 e. The fourth-order valence-electron chi connectivity index (χ4n) is 3.80. The lowest BCUT2D eigenvalue weighted by Crippen LogP contribution is -2.39. The van der Waals surface area contributed by atoms with Gasteiger partial charge in [-0.3, -0.25) is 9.69 Å². The molecular weight excluding hydrogens is 501 g/mol. The summed E-state index contributed by atoms with van der Waals surface area (Å²) in [4.78, 5) is 21.3. The summed E-state index contributed by atoms with van der Waals surface area (Å²) in [5.41, 5.74) is 2.57. The van der Waals surface area contributed by atoms with E-state index in [4.69, 9.17) is 4.99 Å². The highest BCUT2D eigenvalue weighted by Crippen LogP contribution is 2.11. The third-order valence-corrected chi connectivity index (χ3v) is 5.62. The molecule has 1 aliphatic rings. The van der Waals surface area contributed by atoms with Crippen molar-refractivity contribution in [3.05, 3.63) is 35.4 Å². The molecule has 0 spiro atoms. The van der Waals surface area contributed by atoms with E-state index >= 15 is 0 Å². The lowest BCUT2D eigenvalue weighted by Gasteiger charge is -2.20. The van der Waals surface area contributed by atoms with E-state index in [0.717, 1.165) is 71.0 Å². The van der Waals surface area contributed by atoms with Crippen LogP contribution >= 0.6 is 24.0 Å². The quantitative estimate of drug-likeness (QED) is 0.192. The fourth-order valence-corrected chi connectivity index (χ4v) is 3.80. The van der Waals surface area contributed by atoms with Crippen LogP contribution in [-0.4, -0.2) is 60.9 Å². The minimum absolute atomic E-state index is 0. The van der Waals surface area contributed by atoms with Gasteiger partial charge in [0.15, 0.2) is 5.96 Å². The molecule has 1 aromatic carbocycles. The zero-order chi connectivity index (χ0) is 21.6. The molecule has 7 heteroatoms.